The van der Waals surface area contributed by atoms with Gasteiger partial charge in [-0.1, -0.05) is 0 Å². The molecule has 0 bridgehead atoms. The van der Waals surface area contributed by atoms with Crippen molar-refractivity contribution in [2.45, 2.75) is 12.5 Å². The van der Waals surface area contributed by atoms with Crippen LogP contribution in [0.5, 0.6) is 0 Å². The number of nitrogens with zero attached hydrogens (tertiary/aromatic N) is 2. The second kappa shape index (κ2) is 7.12. The Bertz CT molecular complexity index is 929. The number of amides is 3. The minimum absolute atomic E-state index is 0.0514. The van der Waals surface area contributed by atoms with Crippen LogP contribution < -0.4 is 5.32 Å². The summed E-state index contributed by atoms with van der Waals surface area (Å²) in [6.07, 6.45) is 4.80. The molecule has 1 aromatic rings. The van der Waals surface area contributed by atoms with Crippen LogP contribution in [0, 0.1) is 0 Å². The smallest absolute Gasteiger partial charge is 0.293 e. The Kier molecular flexibility index (Phi) is 5.05. The second-order valence-corrected chi connectivity index (χ2v) is 8.88. The molecule has 26 heavy (non-hydrogen) atoms. The van der Waals surface area contributed by atoms with Crippen molar-refractivity contribution in [1.82, 2.24) is 14.8 Å². The summed E-state index contributed by atoms with van der Waals surface area (Å²) < 4.78 is 24.5. The van der Waals surface area contributed by atoms with Gasteiger partial charge in [0.15, 0.2) is 9.84 Å². The van der Waals surface area contributed by atoms with E-state index in [0.29, 0.717) is 4.91 Å². The van der Waals surface area contributed by atoms with Crippen LogP contribution >= 0.6 is 11.8 Å². The highest BCUT2D eigenvalue weighted by Gasteiger charge is 2.35. The summed E-state index contributed by atoms with van der Waals surface area (Å²) in [5.74, 6) is -1.01. The standard InChI is InChI=1S/C16H17N3O5S2/c1-18-6-2-3-12(18)9-13-15(21)19(16(22)25-13)7-4-14(20)17-11-5-8-26(23,24)10-11/h2-3,5-6,8-9,11H,4,7,10H2,1H3,(H,17,20). The number of aromatic nitrogens is 1. The molecule has 8 nitrogen and oxygen atoms in total. The van der Waals surface area contributed by atoms with E-state index < -0.39 is 32.9 Å². The zero-order valence-electron chi connectivity index (χ0n) is 13.9. The van der Waals surface area contributed by atoms with Crippen LogP contribution in [-0.4, -0.2) is 53.3 Å². The monoisotopic (exact) mass is 395 g/mol. The van der Waals surface area contributed by atoms with E-state index in [-0.39, 0.29) is 18.7 Å². The Morgan fingerprint density at radius 3 is 2.81 bits per heavy atom. The predicted octanol–water partition coefficient (Wildman–Crippen LogP) is 0.878. The highest BCUT2D eigenvalue weighted by atomic mass is 32.2. The van der Waals surface area contributed by atoms with Crippen LogP contribution in [0.2, 0.25) is 0 Å². The van der Waals surface area contributed by atoms with Crippen LogP contribution in [0.1, 0.15) is 12.1 Å². The fourth-order valence-electron chi connectivity index (χ4n) is 2.61. The average molecular weight is 395 g/mol. The van der Waals surface area contributed by atoms with Gasteiger partial charge in [0.05, 0.1) is 16.7 Å². The first kappa shape index (κ1) is 18.5. The number of carbonyl (C=O) groups is 3. The van der Waals surface area contributed by atoms with Gasteiger partial charge in [0, 0.05) is 37.3 Å². The lowest BCUT2D eigenvalue weighted by Gasteiger charge is -2.14. The molecule has 3 amide bonds. The predicted molar refractivity (Wildman–Crippen MR) is 97.6 cm³/mol. The lowest BCUT2D eigenvalue weighted by molar-refractivity contribution is -0.124. The van der Waals surface area contributed by atoms with Crippen LogP contribution in [0.4, 0.5) is 4.79 Å². The molecular weight excluding hydrogens is 378 g/mol. The van der Waals surface area contributed by atoms with E-state index in [1.807, 2.05) is 29.9 Å². The normalized spacial score (nSPS) is 23.2. The number of aryl methyl sites for hydroxylation is 1. The quantitative estimate of drug-likeness (QED) is 0.742. The van der Waals surface area contributed by atoms with Gasteiger partial charge >= 0.3 is 0 Å². The van der Waals surface area contributed by atoms with Gasteiger partial charge in [-0.3, -0.25) is 19.3 Å². The topological polar surface area (TPSA) is 106 Å². The molecule has 3 rings (SSSR count). The van der Waals surface area contributed by atoms with Gasteiger partial charge in [-0.15, -0.1) is 0 Å². The highest BCUT2D eigenvalue weighted by Crippen LogP contribution is 2.32. The van der Waals surface area contributed by atoms with E-state index in [2.05, 4.69) is 5.32 Å². The summed E-state index contributed by atoms with van der Waals surface area (Å²) in [6, 6.07) is 3.09. The van der Waals surface area contributed by atoms with E-state index in [0.717, 1.165) is 27.8 Å². The third-order valence-electron chi connectivity index (χ3n) is 3.98. The number of nitrogens with one attached hydrogen (secondary N) is 1. The van der Waals surface area contributed by atoms with Crippen molar-refractivity contribution in [2.24, 2.45) is 7.05 Å². The fourth-order valence-corrected chi connectivity index (χ4v) is 4.69. The maximum atomic E-state index is 12.4. The first-order chi connectivity index (χ1) is 12.2. The Hall–Kier alpha value is -2.33. The summed E-state index contributed by atoms with van der Waals surface area (Å²) in [6.45, 7) is -0.0514. The molecule has 2 aliphatic rings. The summed E-state index contributed by atoms with van der Waals surface area (Å²) in [4.78, 5) is 37.7. The number of hydrogen-bond donors (Lipinski definition) is 1. The number of sulfone groups is 1. The van der Waals surface area contributed by atoms with E-state index in [1.54, 1.807) is 6.08 Å². The van der Waals surface area contributed by atoms with Crippen molar-refractivity contribution >= 4 is 44.7 Å². The molecule has 10 heteroatoms. The maximum Gasteiger partial charge on any atom is 0.293 e. The second-order valence-electron chi connectivity index (χ2n) is 5.96. The molecule has 0 saturated carbocycles. The number of thioether (sulfide) groups is 1. The van der Waals surface area contributed by atoms with Crippen LogP contribution in [-0.2, 0) is 26.5 Å². The zero-order chi connectivity index (χ0) is 18.9. The molecule has 0 radical (unpaired) electrons. The van der Waals surface area contributed by atoms with Gasteiger partial charge in [-0.2, -0.15) is 0 Å². The Labute approximate surface area is 154 Å². The summed E-state index contributed by atoms with van der Waals surface area (Å²) in [5, 5.41) is 3.21. The largest absolute Gasteiger partial charge is 0.351 e. The van der Waals surface area contributed by atoms with Gasteiger partial charge in [0.1, 0.15) is 0 Å². The first-order valence-corrected chi connectivity index (χ1v) is 10.4. The third-order valence-corrected chi connectivity index (χ3v) is 6.28. The molecule has 1 N–H and O–H groups in total. The molecule has 1 atom stereocenters. The Morgan fingerprint density at radius 1 is 1.42 bits per heavy atom. The van der Waals surface area contributed by atoms with E-state index in [4.69, 9.17) is 0 Å². The summed E-state index contributed by atoms with van der Waals surface area (Å²) in [5.41, 5.74) is 0.794. The number of imide groups is 1. The van der Waals surface area contributed by atoms with Crippen molar-refractivity contribution in [3.63, 3.8) is 0 Å². The molecule has 1 fully saturated rings. The van der Waals surface area contributed by atoms with Crippen molar-refractivity contribution < 1.29 is 22.8 Å². The molecule has 138 valence electrons. The van der Waals surface area contributed by atoms with Crippen LogP contribution in [0.25, 0.3) is 6.08 Å². The minimum Gasteiger partial charge on any atom is -0.351 e. The summed E-state index contributed by atoms with van der Waals surface area (Å²) in [7, 11) is -1.42. The fraction of sp³-hybridized carbons (Fsp3) is 0.312. The summed E-state index contributed by atoms with van der Waals surface area (Å²) >= 11 is 0.836. The molecular formula is C16H17N3O5S2. The van der Waals surface area contributed by atoms with Gasteiger partial charge < -0.3 is 9.88 Å². The SMILES string of the molecule is Cn1cccc1C=C1SC(=O)N(CCC(=O)NC2C=CS(=O)(=O)C2)C1=O. The lowest BCUT2D eigenvalue weighted by Crippen LogP contribution is -2.38. The zero-order valence-corrected chi connectivity index (χ0v) is 15.5. The molecule has 0 spiro atoms. The maximum absolute atomic E-state index is 12.4. The Morgan fingerprint density at radius 2 is 2.19 bits per heavy atom. The van der Waals surface area contributed by atoms with Gasteiger partial charge in [-0.25, -0.2) is 8.42 Å². The highest BCUT2D eigenvalue weighted by molar-refractivity contribution is 8.18. The van der Waals surface area contributed by atoms with Gasteiger partial charge in [-0.05, 0) is 36.0 Å². The molecule has 1 unspecified atom stereocenters. The molecule has 0 aromatic carbocycles. The molecule has 1 aromatic heterocycles. The van der Waals surface area contributed by atoms with Crippen molar-refractivity contribution in [2.75, 3.05) is 12.3 Å². The Balaban J connectivity index is 1.57. The van der Waals surface area contributed by atoms with Crippen molar-refractivity contribution in [3.05, 3.63) is 40.4 Å². The van der Waals surface area contributed by atoms with E-state index in [1.165, 1.54) is 6.08 Å². The number of carbonyl (C=O) groups excluding carboxylic acids is 3. The van der Waals surface area contributed by atoms with Gasteiger partial charge in [0.25, 0.3) is 11.1 Å². The minimum atomic E-state index is -3.25. The van der Waals surface area contributed by atoms with E-state index >= 15 is 0 Å². The molecule has 1 saturated heterocycles. The third kappa shape index (κ3) is 4.07. The molecule has 3 heterocycles. The number of rotatable bonds is 5. The molecule has 0 aliphatic carbocycles. The number of hydrogen-bond acceptors (Lipinski definition) is 6. The van der Waals surface area contributed by atoms with E-state index in [9.17, 15) is 22.8 Å². The average Bonchev–Trinajstić information content (AvgIpc) is 3.18. The van der Waals surface area contributed by atoms with Gasteiger partial charge in [0.2, 0.25) is 5.91 Å². The van der Waals surface area contributed by atoms with Crippen molar-refractivity contribution in [1.29, 1.82) is 0 Å². The van der Waals surface area contributed by atoms with Crippen LogP contribution in [0.15, 0.2) is 34.7 Å². The van der Waals surface area contributed by atoms with Crippen molar-refractivity contribution in [3.8, 4) is 0 Å². The van der Waals surface area contributed by atoms with Crippen LogP contribution in [0.3, 0.4) is 0 Å². The lowest BCUT2D eigenvalue weighted by atomic mass is 10.3. The first-order valence-electron chi connectivity index (χ1n) is 7.82. The molecule has 2 aliphatic heterocycles.